The lowest BCUT2D eigenvalue weighted by Gasteiger charge is -2.31. The predicted octanol–water partition coefficient (Wildman–Crippen LogP) is 2.10. The molecule has 1 aromatic heterocycles. The molecule has 0 amide bonds. The Kier molecular flexibility index (Phi) is 4.95. The summed E-state index contributed by atoms with van der Waals surface area (Å²) in [6, 6.07) is 0.634. The maximum absolute atomic E-state index is 5.83. The van der Waals surface area contributed by atoms with Crippen molar-refractivity contribution in [3.8, 4) is 0 Å². The molecule has 2 rings (SSSR count). The first-order valence-electron chi connectivity index (χ1n) is 6.64. The summed E-state index contributed by atoms with van der Waals surface area (Å²) in [6.07, 6.45) is 6.34. The van der Waals surface area contributed by atoms with Crippen molar-refractivity contribution >= 4 is 11.3 Å². The molecule has 1 saturated carbocycles. The van der Waals surface area contributed by atoms with E-state index in [2.05, 4.69) is 22.6 Å². The second-order valence-corrected chi connectivity index (χ2v) is 5.92. The molecule has 1 aliphatic rings. The maximum atomic E-state index is 5.83. The molecule has 1 aromatic rings. The van der Waals surface area contributed by atoms with E-state index in [1.165, 1.54) is 30.7 Å². The highest BCUT2D eigenvalue weighted by Crippen LogP contribution is 2.23. The van der Waals surface area contributed by atoms with Gasteiger partial charge < -0.3 is 11.1 Å². The molecule has 0 spiro atoms. The summed E-state index contributed by atoms with van der Waals surface area (Å²) in [5.74, 6) is 0.682. The minimum atomic E-state index is 0.634. The number of nitrogens with two attached hydrogens (primary N) is 1. The zero-order valence-corrected chi connectivity index (χ0v) is 11.4. The fourth-order valence-corrected chi connectivity index (χ4v) is 3.42. The fourth-order valence-electron chi connectivity index (χ4n) is 2.64. The maximum Gasteiger partial charge on any atom is 0.0940 e. The summed E-state index contributed by atoms with van der Waals surface area (Å²) in [5, 5.41) is 7.04. The van der Waals surface area contributed by atoms with Gasteiger partial charge in [0.2, 0.25) is 0 Å². The molecule has 1 fully saturated rings. The lowest BCUT2D eigenvalue weighted by molar-refractivity contribution is 0.269. The standard InChI is InChI=1S/C13H23N3S/c1-10-9-17-13(16-10)6-7-15-12-5-3-2-4-11(12)8-14/h9,11-12,15H,2-8,14H2,1H3. The van der Waals surface area contributed by atoms with Gasteiger partial charge in [-0.25, -0.2) is 4.98 Å². The largest absolute Gasteiger partial charge is 0.330 e. The number of hydrogen-bond donors (Lipinski definition) is 2. The van der Waals surface area contributed by atoms with Gasteiger partial charge in [0.05, 0.1) is 5.01 Å². The Morgan fingerprint density at radius 3 is 3.00 bits per heavy atom. The lowest BCUT2D eigenvalue weighted by Crippen LogP contribution is -2.42. The zero-order chi connectivity index (χ0) is 12.1. The number of thiazole rings is 1. The number of aryl methyl sites for hydroxylation is 1. The Labute approximate surface area is 108 Å². The topological polar surface area (TPSA) is 50.9 Å². The Balaban J connectivity index is 1.73. The molecule has 1 heterocycles. The van der Waals surface area contributed by atoms with Gasteiger partial charge in [0.15, 0.2) is 0 Å². The molecule has 0 bridgehead atoms. The molecule has 1 aliphatic carbocycles. The van der Waals surface area contributed by atoms with E-state index < -0.39 is 0 Å². The van der Waals surface area contributed by atoms with Crippen molar-refractivity contribution in [2.24, 2.45) is 11.7 Å². The van der Waals surface area contributed by atoms with Crippen molar-refractivity contribution in [3.63, 3.8) is 0 Å². The highest BCUT2D eigenvalue weighted by atomic mass is 32.1. The average molecular weight is 253 g/mol. The summed E-state index contributed by atoms with van der Waals surface area (Å²) < 4.78 is 0. The third kappa shape index (κ3) is 3.76. The van der Waals surface area contributed by atoms with Gasteiger partial charge in [-0.05, 0) is 32.2 Å². The quantitative estimate of drug-likeness (QED) is 0.845. The van der Waals surface area contributed by atoms with Crippen molar-refractivity contribution in [1.82, 2.24) is 10.3 Å². The van der Waals surface area contributed by atoms with Crippen LogP contribution in [0.3, 0.4) is 0 Å². The molecule has 3 N–H and O–H groups in total. The van der Waals surface area contributed by atoms with Crippen LogP contribution < -0.4 is 11.1 Å². The minimum absolute atomic E-state index is 0.634. The minimum Gasteiger partial charge on any atom is -0.330 e. The number of nitrogens with one attached hydrogen (secondary N) is 1. The van der Waals surface area contributed by atoms with Crippen LogP contribution in [0.4, 0.5) is 0 Å². The predicted molar refractivity (Wildman–Crippen MR) is 73.4 cm³/mol. The van der Waals surface area contributed by atoms with Gasteiger partial charge in [-0.3, -0.25) is 0 Å². The molecule has 96 valence electrons. The normalized spacial score (nSPS) is 25.1. The van der Waals surface area contributed by atoms with Crippen LogP contribution in [0.2, 0.25) is 0 Å². The first-order chi connectivity index (χ1) is 8.29. The van der Waals surface area contributed by atoms with E-state index in [9.17, 15) is 0 Å². The van der Waals surface area contributed by atoms with Gasteiger partial charge >= 0.3 is 0 Å². The second kappa shape index (κ2) is 6.47. The van der Waals surface area contributed by atoms with Crippen molar-refractivity contribution in [2.45, 2.75) is 45.1 Å². The van der Waals surface area contributed by atoms with Crippen LogP contribution >= 0.6 is 11.3 Å². The van der Waals surface area contributed by atoms with Crippen LogP contribution in [0, 0.1) is 12.8 Å². The smallest absolute Gasteiger partial charge is 0.0940 e. The molecule has 2 unspecified atom stereocenters. The average Bonchev–Trinajstić information content (AvgIpc) is 2.76. The van der Waals surface area contributed by atoms with E-state index in [-0.39, 0.29) is 0 Å². The van der Waals surface area contributed by atoms with Crippen LogP contribution in [0.25, 0.3) is 0 Å². The van der Waals surface area contributed by atoms with E-state index in [1.54, 1.807) is 11.3 Å². The molecule has 0 saturated heterocycles. The van der Waals surface area contributed by atoms with Gasteiger partial charge in [0.25, 0.3) is 0 Å². The molecule has 2 atom stereocenters. The van der Waals surface area contributed by atoms with Crippen molar-refractivity contribution in [2.75, 3.05) is 13.1 Å². The molecular formula is C13H23N3S. The van der Waals surface area contributed by atoms with Crippen LogP contribution in [0.15, 0.2) is 5.38 Å². The molecule has 4 heteroatoms. The number of rotatable bonds is 5. The lowest BCUT2D eigenvalue weighted by atomic mass is 9.84. The van der Waals surface area contributed by atoms with E-state index in [0.29, 0.717) is 12.0 Å². The number of hydrogen-bond acceptors (Lipinski definition) is 4. The monoisotopic (exact) mass is 253 g/mol. The third-order valence-electron chi connectivity index (χ3n) is 3.62. The summed E-state index contributed by atoms with van der Waals surface area (Å²) in [5.41, 5.74) is 6.97. The van der Waals surface area contributed by atoms with Crippen LogP contribution in [-0.4, -0.2) is 24.1 Å². The molecular weight excluding hydrogens is 230 g/mol. The summed E-state index contributed by atoms with van der Waals surface area (Å²) >= 11 is 1.77. The fraction of sp³-hybridized carbons (Fsp3) is 0.769. The summed E-state index contributed by atoms with van der Waals surface area (Å²) in [6.45, 7) is 3.92. The Bertz CT molecular complexity index is 337. The zero-order valence-electron chi connectivity index (χ0n) is 10.6. The Hall–Kier alpha value is -0.450. The summed E-state index contributed by atoms with van der Waals surface area (Å²) in [4.78, 5) is 4.49. The molecule has 0 aliphatic heterocycles. The number of nitrogens with zero attached hydrogens (tertiary/aromatic N) is 1. The van der Waals surface area contributed by atoms with E-state index in [0.717, 1.165) is 25.2 Å². The van der Waals surface area contributed by atoms with Gasteiger partial charge in [-0.2, -0.15) is 0 Å². The highest BCUT2D eigenvalue weighted by Gasteiger charge is 2.22. The van der Waals surface area contributed by atoms with Gasteiger partial charge in [0.1, 0.15) is 0 Å². The SMILES string of the molecule is Cc1csc(CCNC2CCCCC2CN)n1. The van der Waals surface area contributed by atoms with Crippen LogP contribution in [0.5, 0.6) is 0 Å². The molecule has 0 aromatic carbocycles. The van der Waals surface area contributed by atoms with Gasteiger partial charge in [-0.1, -0.05) is 12.8 Å². The van der Waals surface area contributed by atoms with Gasteiger partial charge in [0, 0.05) is 30.1 Å². The molecule has 3 nitrogen and oxygen atoms in total. The van der Waals surface area contributed by atoms with Crippen LogP contribution in [-0.2, 0) is 6.42 Å². The number of aromatic nitrogens is 1. The van der Waals surface area contributed by atoms with E-state index in [1.807, 2.05) is 0 Å². The Morgan fingerprint density at radius 1 is 1.47 bits per heavy atom. The van der Waals surface area contributed by atoms with Gasteiger partial charge in [-0.15, -0.1) is 11.3 Å². The van der Waals surface area contributed by atoms with Crippen molar-refractivity contribution < 1.29 is 0 Å². The van der Waals surface area contributed by atoms with Crippen molar-refractivity contribution in [1.29, 1.82) is 0 Å². The first kappa shape index (κ1) is 13.0. The van der Waals surface area contributed by atoms with Crippen molar-refractivity contribution in [3.05, 3.63) is 16.1 Å². The second-order valence-electron chi connectivity index (χ2n) is 4.97. The molecule has 17 heavy (non-hydrogen) atoms. The Morgan fingerprint density at radius 2 is 2.29 bits per heavy atom. The highest BCUT2D eigenvalue weighted by molar-refractivity contribution is 7.09. The first-order valence-corrected chi connectivity index (χ1v) is 7.52. The third-order valence-corrected chi connectivity index (χ3v) is 4.65. The summed E-state index contributed by atoms with van der Waals surface area (Å²) in [7, 11) is 0. The van der Waals surface area contributed by atoms with Crippen LogP contribution in [0.1, 0.15) is 36.4 Å². The van der Waals surface area contributed by atoms with E-state index in [4.69, 9.17) is 5.73 Å². The molecule has 0 radical (unpaired) electrons. The van der Waals surface area contributed by atoms with E-state index >= 15 is 0 Å².